The van der Waals surface area contributed by atoms with E-state index in [9.17, 15) is 4.79 Å². The van der Waals surface area contributed by atoms with Gasteiger partial charge in [-0.25, -0.2) is 4.98 Å². The number of rotatable bonds is 2. The average molecular weight is 278 g/mol. The van der Waals surface area contributed by atoms with Crippen LogP contribution in [0, 0.1) is 6.92 Å². The molecule has 5 nitrogen and oxygen atoms in total. The summed E-state index contributed by atoms with van der Waals surface area (Å²) in [5, 5.41) is 8.60. The Morgan fingerprint density at radius 2 is 2.05 bits per heavy atom. The molecule has 0 radical (unpaired) electrons. The Labute approximate surface area is 115 Å². The summed E-state index contributed by atoms with van der Waals surface area (Å²) in [5.74, 6) is 0. The molecule has 1 aliphatic carbocycles. The molecular formula is C13H18N4OS. The third kappa shape index (κ3) is 2.78. The first-order valence-electron chi connectivity index (χ1n) is 6.86. The van der Waals surface area contributed by atoms with Gasteiger partial charge in [-0.3, -0.25) is 4.79 Å². The van der Waals surface area contributed by atoms with Crippen molar-refractivity contribution in [2.24, 2.45) is 0 Å². The zero-order chi connectivity index (χ0) is 13.2. The summed E-state index contributed by atoms with van der Waals surface area (Å²) >= 11 is 1.46. The van der Waals surface area contributed by atoms with Crippen LogP contribution in [0.1, 0.15) is 44.2 Å². The van der Waals surface area contributed by atoms with Crippen molar-refractivity contribution in [1.29, 1.82) is 0 Å². The van der Waals surface area contributed by atoms with Crippen LogP contribution in [0.4, 0.5) is 5.13 Å². The molecule has 3 rings (SSSR count). The normalized spacial score (nSPS) is 17.5. The summed E-state index contributed by atoms with van der Waals surface area (Å²) < 4.78 is 1.39. The molecule has 1 saturated carbocycles. The van der Waals surface area contributed by atoms with E-state index in [1.165, 1.54) is 60.4 Å². The maximum absolute atomic E-state index is 11.8. The minimum atomic E-state index is -0.104. The second-order valence-electron chi connectivity index (χ2n) is 5.17. The first-order chi connectivity index (χ1) is 9.22. The van der Waals surface area contributed by atoms with Crippen LogP contribution < -0.4 is 10.9 Å². The third-order valence-corrected chi connectivity index (χ3v) is 4.40. The number of anilines is 1. The summed E-state index contributed by atoms with van der Waals surface area (Å²) in [6.07, 6.45) is 7.60. The highest BCUT2D eigenvalue weighted by molar-refractivity contribution is 7.20. The van der Waals surface area contributed by atoms with Gasteiger partial charge in [0.1, 0.15) is 0 Å². The van der Waals surface area contributed by atoms with Crippen molar-refractivity contribution < 1.29 is 0 Å². The van der Waals surface area contributed by atoms with Crippen LogP contribution in [0.5, 0.6) is 0 Å². The molecule has 6 heteroatoms. The standard InChI is InChI=1S/C13H18N4OS/c1-9-8-11(18)17-13(14-9)19-12(16-17)15-10-6-4-2-3-5-7-10/h8,10H,2-7H2,1H3,(H,15,16). The van der Waals surface area contributed by atoms with Gasteiger partial charge in [-0.2, -0.15) is 4.52 Å². The van der Waals surface area contributed by atoms with Crippen molar-refractivity contribution in [3.63, 3.8) is 0 Å². The van der Waals surface area contributed by atoms with Gasteiger partial charge in [0.2, 0.25) is 10.1 Å². The highest BCUT2D eigenvalue weighted by Crippen LogP contribution is 2.23. The van der Waals surface area contributed by atoms with Crippen LogP contribution in [-0.2, 0) is 0 Å². The van der Waals surface area contributed by atoms with Gasteiger partial charge in [0.25, 0.3) is 5.56 Å². The zero-order valence-electron chi connectivity index (χ0n) is 11.1. The van der Waals surface area contributed by atoms with E-state index >= 15 is 0 Å². The van der Waals surface area contributed by atoms with Crippen molar-refractivity contribution in [1.82, 2.24) is 14.6 Å². The van der Waals surface area contributed by atoms with Gasteiger partial charge < -0.3 is 5.32 Å². The zero-order valence-corrected chi connectivity index (χ0v) is 11.9. The molecule has 102 valence electrons. The van der Waals surface area contributed by atoms with Gasteiger partial charge in [-0.15, -0.1) is 5.10 Å². The van der Waals surface area contributed by atoms with Gasteiger partial charge in [0.05, 0.1) is 0 Å². The lowest BCUT2D eigenvalue weighted by Crippen LogP contribution is -2.19. The Balaban J connectivity index is 1.85. The maximum Gasteiger partial charge on any atom is 0.275 e. The minimum absolute atomic E-state index is 0.104. The fourth-order valence-corrected chi connectivity index (χ4v) is 3.50. The summed E-state index contributed by atoms with van der Waals surface area (Å²) in [6, 6.07) is 2.00. The summed E-state index contributed by atoms with van der Waals surface area (Å²) in [4.78, 5) is 16.8. The second kappa shape index (κ2) is 5.28. The Kier molecular flexibility index (Phi) is 3.50. The molecular weight excluding hydrogens is 260 g/mol. The predicted octanol–water partition coefficient (Wildman–Crippen LogP) is 2.59. The monoisotopic (exact) mass is 278 g/mol. The second-order valence-corrected chi connectivity index (χ2v) is 6.13. The number of nitrogens with zero attached hydrogens (tertiary/aromatic N) is 3. The van der Waals surface area contributed by atoms with Gasteiger partial charge in [0, 0.05) is 17.8 Å². The number of fused-ring (bicyclic) bond motifs is 1. The van der Waals surface area contributed by atoms with Crippen LogP contribution in [0.25, 0.3) is 4.96 Å². The lowest BCUT2D eigenvalue weighted by Gasteiger charge is -2.14. The van der Waals surface area contributed by atoms with Gasteiger partial charge in [0.15, 0.2) is 0 Å². The molecule has 0 aromatic carbocycles. The van der Waals surface area contributed by atoms with Crippen LogP contribution in [0.2, 0.25) is 0 Å². The maximum atomic E-state index is 11.8. The molecule has 2 aromatic rings. The number of nitrogens with one attached hydrogen (secondary N) is 1. The quantitative estimate of drug-likeness (QED) is 0.858. The van der Waals surface area contributed by atoms with E-state index < -0.39 is 0 Å². The molecule has 0 amide bonds. The molecule has 0 unspecified atom stereocenters. The van der Waals surface area contributed by atoms with Crippen LogP contribution in [-0.4, -0.2) is 20.6 Å². The Morgan fingerprint density at radius 3 is 2.79 bits per heavy atom. The van der Waals surface area contributed by atoms with Gasteiger partial charge >= 0.3 is 0 Å². The number of hydrogen-bond acceptors (Lipinski definition) is 5. The molecule has 2 heterocycles. The highest BCUT2D eigenvalue weighted by Gasteiger charge is 2.14. The van der Waals surface area contributed by atoms with E-state index in [-0.39, 0.29) is 5.56 Å². The summed E-state index contributed by atoms with van der Waals surface area (Å²) in [5.41, 5.74) is 0.641. The molecule has 0 atom stereocenters. The van der Waals surface area contributed by atoms with Gasteiger partial charge in [-0.1, -0.05) is 37.0 Å². The van der Waals surface area contributed by atoms with E-state index in [0.717, 1.165) is 10.8 Å². The molecule has 1 aliphatic rings. The predicted molar refractivity (Wildman–Crippen MR) is 77.0 cm³/mol. The lowest BCUT2D eigenvalue weighted by molar-refractivity contribution is 0.618. The number of hydrogen-bond donors (Lipinski definition) is 1. The van der Waals surface area contributed by atoms with E-state index in [4.69, 9.17) is 0 Å². The molecule has 2 aromatic heterocycles. The SMILES string of the molecule is Cc1cc(=O)n2nc(NC3CCCCCC3)sc2n1. The molecule has 0 aliphatic heterocycles. The first kappa shape index (κ1) is 12.6. The van der Waals surface area contributed by atoms with Crippen molar-refractivity contribution in [2.45, 2.75) is 51.5 Å². The van der Waals surface area contributed by atoms with Crippen molar-refractivity contribution >= 4 is 21.4 Å². The first-order valence-corrected chi connectivity index (χ1v) is 7.68. The molecule has 19 heavy (non-hydrogen) atoms. The number of aromatic nitrogens is 3. The summed E-state index contributed by atoms with van der Waals surface area (Å²) in [6.45, 7) is 1.83. The number of aryl methyl sites for hydroxylation is 1. The molecule has 1 N–H and O–H groups in total. The Hall–Kier alpha value is -1.43. The van der Waals surface area contributed by atoms with Crippen LogP contribution >= 0.6 is 11.3 Å². The topological polar surface area (TPSA) is 59.3 Å². The van der Waals surface area contributed by atoms with Crippen LogP contribution in [0.15, 0.2) is 10.9 Å². The largest absolute Gasteiger partial charge is 0.357 e. The van der Waals surface area contributed by atoms with E-state index in [1.54, 1.807) is 0 Å². The Morgan fingerprint density at radius 1 is 1.32 bits per heavy atom. The van der Waals surface area contributed by atoms with E-state index in [0.29, 0.717) is 11.0 Å². The van der Waals surface area contributed by atoms with Crippen LogP contribution in [0.3, 0.4) is 0 Å². The van der Waals surface area contributed by atoms with Gasteiger partial charge in [-0.05, 0) is 19.8 Å². The summed E-state index contributed by atoms with van der Waals surface area (Å²) in [7, 11) is 0. The smallest absolute Gasteiger partial charge is 0.275 e. The molecule has 1 fully saturated rings. The highest BCUT2D eigenvalue weighted by atomic mass is 32.1. The molecule has 0 spiro atoms. The average Bonchev–Trinajstić information content (AvgIpc) is 2.58. The lowest BCUT2D eigenvalue weighted by atomic mass is 10.1. The van der Waals surface area contributed by atoms with Crippen molar-refractivity contribution in [3.05, 3.63) is 22.1 Å². The Bertz CT molecular complexity index is 625. The fourth-order valence-electron chi connectivity index (χ4n) is 2.58. The molecule has 0 saturated heterocycles. The van der Waals surface area contributed by atoms with E-state index in [1.807, 2.05) is 6.92 Å². The van der Waals surface area contributed by atoms with Crippen molar-refractivity contribution in [2.75, 3.05) is 5.32 Å². The minimum Gasteiger partial charge on any atom is -0.357 e. The van der Waals surface area contributed by atoms with Crippen molar-refractivity contribution in [3.8, 4) is 0 Å². The fraction of sp³-hybridized carbons (Fsp3) is 0.615. The third-order valence-electron chi connectivity index (χ3n) is 3.56. The van der Waals surface area contributed by atoms with E-state index in [2.05, 4.69) is 15.4 Å². The molecule has 0 bridgehead atoms.